The maximum absolute atomic E-state index is 12.1. The molecule has 0 N–H and O–H groups in total. The second kappa shape index (κ2) is 3.76. The van der Waals surface area contributed by atoms with Crippen molar-refractivity contribution in [1.29, 1.82) is 0 Å². The van der Waals surface area contributed by atoms with E-state index < -0.39 is 18.8 Å². The number of alkyl halides is 3. The molecule has 12 heavy (non-hydrogen) atoms. The molecular weight excluding hydrogens is 191 g/mol. The largest absolute Gasteiger partial charge is 0.281 e. The van der Waals surface area contributed by atoms with Crippen LogP contribution in [0.15, 0.2) is 12.3 Å². The Balaban J connectivity index is 3.14. The molecule has 1 aromatic rings. The molecule has 66 valence electrons. The van der Waals surface area contributed by atoms with Crippen LogP contribution in [-0.4, -0.2) is 4.98 Å². The van der Waals surface area contributed by atoms with Crippen LogP contribution in [0.4, 0.5) is 13.2 Å². The molecule has 0 aliphatic heterocycles. The summed E-state index contributed by atoms with van der Waals surface area (Å²) in [5.41, 5.74) is -0.520. The lowest BCUT2D eigenvalue weighted by molar-refractivity contribution is 0.146. The molecule has 0 radical (unpaired) electrons. The molecular formula is C7H5ClF3N. The van der Waals surface area contributed by atoms with E-state index in [-0.39, 0.29) is 10.6 Å². The average Bonchev–Trinajstić information content (AvgIpc) is 2.04. The van der Waals surface area contributed by atoms with Gasteiger partial charge in [-0.05, 0) is 6.07 Å². The van der Waals surface area contributed by atoms with E-state index in [1.165, 1.54) is 6.07 Å². The predicted molar refractivity (Wildman–Crippen MR) is 39.0 cm³/mol. The molecule has 0 fully saturated rings. The lowest BCUT2D eigenvalue weighted by Gasteiger charge is -2.03. The van der Waals surface area contributed by atoms with E-state index >= 15 is 0 Å². The van der Waals surface area contributed by atoms with Crippen molar-refractivity contribution in [3.8, 4) is 0 Å². The molecule has 0 bridgehead atoms. The summed E-state index contributed by atoms with van der Waals surface area (Å²) in [5.74, 6) is 0. The number of hydrogen-bond acceptors (Lipinski definition) is 1. The maximum Gasteiger partial charge on any atom is 0.281 e. The molecule has 0 amide bonds. The van der Waals surface area contributed by atoms with Crippen molar-refractivity contribution in [2.24, 2.45) is 0 Å². The summed E-state index contributed by atoms with van der Waals surface area (Å²) >= 11 is 5.42. The number of halogens is 4. The zero-order chi connectivity index (χ0) is 9.14. The van der Waals surface area contributed by atoms with Crippen molar-refractivity contribution in [2.75, 3.05) is 0 Å². The highest BCUT2D eigenvalue weighted by atomic mass is 35.5. The van der Waals surface area contributed by atoms with E-state index in [0.29, 0.717) is 0 Å². The summed E-state index contributed by atoms with van der Waals surface area (Å²) in [5, 5.41) is -0.282. The van der Waals surface area contributed by atoms with Crippen LogP contribution in [0, 0.1) is 0 Å². The summed E-state index contributed by atoms with van der Waals surface area (Å²) in [6.45, 7) is -0.860. The highest BCUT2D eigenvalue weighted by molar-refractivity contribution is 6.32. The van der Waals surface area contributed by atoms with Gasteiger partial charge in [-0.25, -0.2) is 13.2 Å². The molecule has 1 heterocycles. The first-order valence-corrected chi connectivity index (χ1v) is 3.52. The molecule has 0 aliphatic carbocycles. The molecule has 0 unspecified atom stereocenters. The van der Waals surface area contributed by atoms with Gasteiger partial charge in [0.2, 0.25) is 0 Å². The molecule has 0 saturated carbocycles. The summed E-state index contributed by atoms with van der Waals surface area (Å²) in [7, 11) is 0. The van der Waals surface area contributed by atoms with Gasteiger partial charge in [-0.1, -0.05) is 11.6 Å². The van der Waals surface area contributed by atoms with E-state index in [0.717, 1.165) is 6.20 Å². The van der Waals surface area contributed by atoms with E-state index in [2.05, 4.69) is 4.98 Å². The van der Waals surface area contributed by atoms with Gasteiger partial charge in [0, 0.05) is 11.8 Å². The van der Waals surface area contributed by atoms with Gasteiger partial charge >= 0.3 is 0 Å². The molecule has 0 saturated heterocycles. The van der Waals surface area contributed by atoms with Gasteiger partial charge in [-0.15, -0.1) is 0 Å². The Morgan fingerprint density at radius 1 is 1.50 bits per heavy atom. The van der Waals surface area contributed by atoms with Crippen molar-refractivity contribution >= 4 is 11.6 Å². The third kappa shape index (κ3) is 1.69. The zero-order valence-corrected chi connectivity index (χ0v) is 6.65. The van der Waals surface area contributed by atoms with Crippen LogP contribution >= 0.6 is 11.6 Å². The monoisotopic (exact) mass is 195 g/mol. The van der Waals surface area contributed by atoms with Crippen LogP contribution in [0.25, 0.3) is 0 Å². The first-order chi connectivity index (χ1) is 5.66. The lowest BCUT2D eigenvalue weighted by Crippen LogP contribution is -1.94. The first kappa shape index (κ1) is 9.32. The van der Waals surface area contributed by atoms with Crippen LogP contribution in [0.1, 0.15) is 17.7 Å². The Bertz CT molecular complexity index is 277. The SMILES string of the molecule is FCc1ccnc(C(F)F)c1Cl. The van der Waals surface area contributed by atoms with Gasteiger partial charge in [0.15, 0.2) is 0 Å². The highest BCUT2D eigenvalue weighted by Crippen LogP contribution is 2.27. The average molecular weight is 196 g/mol. The van der Waals surface area contributed by atoms with Crippen LogP contribution in [0.2, 0.25) is 5.02 Å². The second-order valence-electron chi connectivity index (χ2n) is 2.10. The van der Waals surface area contributed by atoms with Gasteiger partial charge in [0.1, 0.15) is 12.4 Å². The first-order valence-electron chi connectivity index (χ1n) is 3.14. The van der Waals surface area contributed by atoms with Gasteiger partial charge in [-0.2, -0.15) is 0 Å². The van der Waals surface area contributed by atoms with E-state index in [1.54, 1.807) is 0 Å². The molecule has 1 aromatic heterocycles. The number of nitrogens with zero attached hydrogens (tertiary/aromatic N) is 1. The Labute approximate surface area is 72.2 Å². The van der Waals surface area contributed by atoms with Gasteiger partial charge in [-0.3, -0.25) is 4.98 Å². The summed E-state index contributed by atoms with van der Waals surface area (Å²) in [4.78, 5) is 3.34. The van der Waals surface area contributed by atoms with Crippen LogP contribution in [-0.2, 0) is 6.67 Å². The minimum absolute atomic E-state index is 0.0435. The quantitative estimate of drug-likeness (QED) is 0.707. The van der Waals surface area contributed by atoms with Crippen molar-refractivity contribution < 1.29 is 13.2 Å². The minimum atomic E-state index is -2.76. The Kier molecular flexibility index (Phi) is 2.92. The number of rotatable bonds is 2. The fraction of sp³-hybridized carbons (Fsp3) is 0.286. The summed E-state index contributed by atoms with van der Waals surface area (Å²) in [6, 6.07) is 1.27. The Morgan fingerprint density at radius 2 is 2.17 bits per heavy atom. The van der Waals surface area contributed by atoms with Crippen molar-refractivity contribution in [1.82, 2.24) is 4.98 Å². The summed E-state index contributed by atoms with van der Waals surface area (Å²) < 4.78 is 36.2. The number of hydrogen-bond donors (Lipinski definition) is 0. The molecule has 0 spiro atoms. The highest BCUT2D eigenvalue weighted by Gasteiger charge is 2.15. The smallest absolute Gasteiger partial charge is 0.254 e. The fourth-order valence-electron chi connectivity index (χ4n) is 0.757. The van der Waals surface area contributed by atoms with Gasteiger partial charge < -0.3 is 0 Å². The molecule has 1 nitrogen and oxygen atoms in total. The van der Waals surface area contributed by atoms with E-state index in [1.807, 2.05) is 0 Å². The number of aromatic nitrogens is 1. The third-order valence-electron chi connectivity index (χ3n) is 1.35. The van der Waals surface area contributed by atoms with E-state index in [4.69, 9.17) is 11.6 Å². The second-order valence-corrected chi connectivity index (χ2v) is 2.48. The zero-order valence-electron chi connectivity index (χ0n) is 5.90. The fourth-order valence-corrected chi connectivity index (χ4v) is 1.00. The van der Waals surface area contributed by atoms with Gasteiger partial charge in [0.05, 0.1) is 5.02 Å². The molecule has 0 aliphatic rings. The summed E-state index contributed by atoms with van der Waals surface area (Å²) in [6.07, 6.45) is -1.65. The predicted octanol–water partition coefficient (Wildman–Crippen LogP) is 3.14. The van der Waals surface area contributed by atoms with Crippen LogP contribution in [0.3, 0.4) is 0 Å². The van der Waals surface area contributed by atoms with Crippen molar-refractivity contribution in [3.63, 3.8) is 0 Å². The molecule has 1 rings (SSSR count). The minimum Gasteiger partial charge on any atom is -0.254 e. The maximum atomic E-state index is 12.1. The van der Waals surface area contributed by atoms with E-state index in [9.17, 15) is 13.2 Å². The topological polar surface area (TPSA) is 12.9 Å². The lowest BCUT2D eigenvalue weighted by atomic mass is 10.2. The molecule has 5 heteroatoms. The Morgan fingerprint density at radius 3 is 2.67 bits per heavy atom. The molecule has 0 aromatic carbocycles. The normalized spacial score (nSPS) is 10.8. The van der Waals surface area contributed by atoms with Gasteiger partial charge in [0.25, 0.3) is 6.43 Å². The van der Waals surface area contributed by atoms with Crippen molar-refractivity contribution in [3.05, 3.63) is 28.5 Å². The van der Waals surface area contributed by atoms with Crippen LogP contribution in [0.5, 0.6) is 0 Å². The molecule has 0 atom stereocenters. The standard InChI is InChI=1S/C7H5ClF3N/c8-5-4(3-9)1-2-12-6(5)7(10)11/h1-2,7H,3H2. The number of pyridine rings is 1. The third-order valence-corrected chi connectivity index (χ3v) is 1.78. The van der Waals surface area contributed by atoms with Crippen molar-refractivity contribution in [2.45, 2.75) is 13.1 Å². The Hall–Kier alpha value is -0.770. The van der Waals surface area contributed by atoms with Crippen LogP contribution < -0.4 is 0 Å².